The second-order valence-corrected chi connectivity index (χ2v) is 2.79. The standard InChI is InChI=1S/C8H16O3S/c1-3-10-8(9)7(2)11-5-4-6-12/h7,12H,3-6H2,1-2H3/t7-/m0/s1. The molecule has 0 fully saturated rings. The molecule has 0 aromatic rings. The van der Waals surface area contributed by atoms with E-state index in [1.807, 2.05) is 0 Å². The van der Waals surface area contributed by atoms with Crippen LogP contribution in [-0.2, 0) is 14.3 Å². The highest BCUT2D eigenvalue weighted by Gasteiger charge is 2.13. The Labute approximate surface area is 78.8 Å². The van der Waals surface area contributed by atoms with E-state index in [1.54, 1.807) is 13.8 Å². The summed E-state index contributed by atoms with van der Waals surface area (Å²) in [7, 11) is 0. The number of hydrogen-bond donors (Lipinski definition) is 1. The van der Waals surface area contributed by atoms with Crippen molar-refractivity contribution in [3.05, 3.63) is 0 Å². The lowest BCUT2D eigenvalue weighted by Crippen LogP contribution is -2.23. The van der Waals surface area contributed by atoms with Crippen LogP contribution in [0.15, 0.2) is 0 Å². The second-order valence-electron chi connectivity index (χ2n) is 2.34. The van der Waals surface area contributed by atoms with Gasteiger partial charge in [0.25, 0.3) is 0 Å². The summed E-state index contributed by atoms with van der Waals surface area (Å²) < 4.78 is 9.92. The van der Waals surface area contributed by atoms with E-state index in [0.717, 1.165) is 12.2 Å². The molecular formula is C8H16O3S. The van der Waals surface area contributed by atoms with Crippen LogP contribution >= 0.6 is 12.6 Å². The van der Waals surface area contributed by atoms with Crippen LogP contribution in [0.3, 0.4) is 0 Å². The number of rotatable bonds is 6. The summed E-state index contributed by atoms with van der Waals surface area (Å²) in [5.74, 6) is 0.479. The van der Waals surface area contributed by atoms with Crippen LogP contribution in [0, 0.1) is 0 Å². The van der Waals surface area contributed by atoms with Gasteiger partial charge < -0.3 is 9.47 Å². The van der Waals surface area contributed by atoms with Gasteiger partial charge in [-0.05, 0) is 26.0 Å². The van der Waals surface area contributed by atoms with Crippen LogP contribution in [0.1, 0.15) is 20.3 Å². The molecule has 0 aliphatic rings. The van der Waals surface area contributed by atoms with Gasteiger partial charge in [-0.15, -0.1) is 0 Å². The van der Waals surface area contributed by atoms with Crippen LogP contribution in [0.25, 0.3) is 0 Å². The van der Waals surface area contributed by atoms with Crippen LogP contribution in [0.5, 0.6) is 0 Å². The Morgan fingerprint density at radius 1 is 1.58 bits per heavy atom. The fraction of sp³-hybridized carbons (Fsp3) is 0.875. The lowest BCUT2D eigenvalue weighted by molar-refractivity contribution is -0.155. The molecular weight excluding hydrogens is 176 g/mol. The van der Waals surface area contributed by atoms with Crippen LogP contribution in [-0.4, -0.2) is 31.0 Å². The van der Waals surface area contributed by atoms with E-state index in [1.165, 1.54) is 0 Å². The number of carbonyl (C=O) groups excluding carboxylic acids is 1. The van der Waals surface area contributed by atoms with Crippen LogP contribution in [0.4, 0.5) is 0 Å². The third kappa shape index (κ3) is 5.43. The Morgan fingerprint density at radius 2 is 2.25 bits per heavy atom. The SMILES string of the molecule is CCOC(=O)[C@H](C)OCCCS. The maximum absolute atomic E-state index is 11.0. The third-order valence-corrected chi connectivity index (χ3v) is 1.61. The first-order valence-electron chi connectivity index (χ1n) is 4.11. The highest BCUT2D eigenvalue weighted by atomic mass is 32.1. The summed E-state index contributed by atoms with van der Waals surface area (Å²) >= 11 is 4.02. The van der Waals surface area contributed by atoms with Gasteiger partial charge in [-0.25, -0.2) is 4.79 Å². The topological polar surface area (TPSA) is 35.5 Å². The Balaban J connectivity index is 3.42. The summed E-state index contributed by atoms with van der Waals surface area (Å²) in [6.07, 6.45) is 0.400. The summed E-state index contributed by atoms with van der Waals surface area (Å²) in [5, 5.41) is 0. The molecule has 1 atom stereocenters. The van der Waals surface area contributed by atoms with Gasteiger partial charge in [-0.2, -0.15) is 12.6 Å². The van der Waals surface area contributed by atoms with Crippen molar-refractivity contribution in [2.45, 2.75) is 26.4 Å². The molecule has 0 aromatic heterocycles. The Bertz CT molecular complexity index is 127. The summed E-state index contributed by atoms with van der Waals surface area (Å²) in [6, 6.07) is 0. The van der Waals surface area contributed by atoms with E-state index in [4.69, 9.17) is 9.47 Å². The van der Waals surface area contributed by atoms with Crippen molar-refractivity contribution >= 4 is 18.6 Å². The molecule has 0 spiro atoms. The van der Waals surface area contributed by atoms with Gasteiger partial charge in [0.05, 0.1) is 6.61 Å². The predicted octanol–water partition coefficient (Wildman–Crippen LogP) is 1.27. The summed E-state index contributed by atoms with van der Waals surface area (Å²) in [6.45, 7) is 4.43. The minimum absolute atomic E-state index is 0.295. The van der Waals surface area contributed by atoms with Crippen molar-refractivity contribution < 1.29 is 14.3 Å². The first kappa shape index (κ1) is 11.8. The number of thiol groups is 1. The van der Waals surface area contributed by atoms with Crippen molar-refractivity contribution in [3.8, 4) is 0 Å². The van der Waals surface area contributed by atoms with Gasteiger partial charge >= 0.3 is 5.97 Å². The van der Waals surface area contributed by atoms with E-state index >= 15 is 0 Å². The van der Waals surface area contributed by atoms with Gasteiger partial charge in [0.15, 0.2) is 6.10 Å². The zero-order chi connectivity index (χ0) is 9.40. The normalized spacial score (nSPS) is 12.6. The van der Waals surface area contributed by atoms with Crippen molar-refractivity contribution in [1.82, 2.24) is 0 Å². The van der Waals surface area contributed by atoms with E-state index in [2.05, 4.69) is 12.6 Å². The molecule has 0 saturated carbocycles. The molecule has 0 amide bonds. The Hall–Kier alpha value is -0.220. The molecule has 0 N–H and O–H groups in total. The van der Waals surface area contributed by atoms with Crippen molar-refractivity contribution in [3.63, 3.8) is 0 Å². The maximum Gasteiger partial charge on any atom is 0.334 e. The van der Waals surface area contributed by atoms with Gasteiger partial charge in [0.2, 0.25) is 0 Å². The first-order valence-corrected chi connectivity index (χ1v) is 4.74. The number of carbonyl (C=O) groups is 1. The lowest BCUT2D eigenvalue weighted by Gasteiger charge is -2.10. The molecule has 0 radical (unpaired) electrons. The number of hydrogen-bond acceptors (Lipinski definition) is 4. The average Bonchev–Trinajstić information content (AvgIpc) is 2.05. The fourth-order valence-corrected chi connectivity index (χ4v) is 0.781. The molecule has 4 heteroatoms. The smallest absolute Gasteiger partial charge is 0.334 e. The molecule has 0 aromatic carbocycles. The fourth-order valence-electron chi connectivity index (χ4n) is 0.652. The lowest BCUT2D eigenvalue weighted by atomic mass is 10.4. The third-order valence-electron chi connectivity index (χ3n) is 1.29. The van der Waals surface area contributed by atoms with Crippen molar-refractivity contribution in [1.29, 1.82) is 0 Å². The number of esters is 1. The van der Waals surface area contributed by atoms with Gasteiger partial charge in [0, 0.05) is 6.61 Å². The van der Waals surface area contributed by atoms with Gasteiger partial charge in [0.1, 0.15) is 0 Å². The minimum Gasteiger partial charge on any atom is -0.464 e. The summed E-state index contributed by atoms with van der Waals surface area (Å²) in [4.78, 5) is 11.0. The molecule has 0 saturated heterocycles. The first-order chi connectivity index (χ1) is 5.72. The quantitative estimate of drug-likeness (QED) is 0.391. The minimum atomic E-state index is -0.454. The van der Waals surface area contributed by atoms with Gasteiger partial charge in [-0.3, -0.25) is 0 Å². The van der Waals surface area contributed by atoms with E-state index < -0.39 is 6.10 Å². The van der Waals surface area contributed by atoms with Gasteiger partial charge in [-0.1, -0.05) is 0 Å². The Kier molecular flexibility index (Phi) is 7.29. The maximum atomic E-state index is 11.0. The van der Waals surface area contributed by atoms with Crippen molar-refractivity contribution in [2.75, 3.05) is 19.0 Å². The molecule has 0 heterocycles. The molecule has 0 unspecified atom stereocenters. The molecule has 0 rings (SSSR count). The van der Waals surface area contributed by atoms with Crippen LogP contribution in [0.2, 0.25) is 0 Å². The molecule has 72 valence electrons. The average molecular weight is 192 g/mol. The van der Waals surface area contributed by atoms with E-state index in [0.29, 0.717) is 13.2 Å². The van der Waals surface area contributed by atoms with Crippen LogP contribution < -0.4 is 0 Å². The molecule has 12 heavy (non-hydrogen) atoms. The van der Waals surface area contributed by atoms with Crippen molar-refractivity contribution in [2.24, 2.45) is 0 Å². The van der Waals surface area contributed by atoms with E-state index in [9.17, 15) is 4.79 Å². The monoisotopic (exact) mass is 192 g/mol. The highest BCUT2D eigenvalue weighted by molar-refractivity contribution is 7.80. The highest BCUT2D eigenvalue weighted by Crippen LogP contribution is 1.96. The Morgan fingerprint density at radius 3 is 2.75 bits per heavy atom. The number of ether oxygens (including phenoxy) is 2. The summed E-state index contributed by atoms with van der Waals surface area (Å²) in [5.41, 5.74) is 0. The zero-order valence-electron chi connectivity index (χ0n) is 7.58. The molecule has 0 bridgehead atoms. The molecule has 3 nitrogen and oxygen atoms in total. The zero-order valence-corrected chi connectivity index (χ0v) is 8.47. The van der Waals surface area contributed by atoms with E-state index in [-0.39, 0.29) is 5.97 Å². The second kappa shape index (κ2) is 7.43. The molecule has 0 aliphatic carbocycles. The largest absolute Gasteiger partial charge is 0.464 e. The predicted molar refractivity (Wildman–Crippen MR) is 50.5 cm³/mol. The molecule has 0 aliphatic heterocycles.